The van der Waals surface area contributed by atoms with Gasteiger partial charge in [0.15, 0.2) is 0 Å². The fourth-order valence-corrected chi connectivity index (χ4v) is 4.30. The third kappa shape index (κ3) is 3.94. The van der Waals surface area contributed by atoms with Gasteiger partial charge in [-0.3, -0.25) is 9.59 Å². The zero-order valence-electron chi connectivity index (χ0n) is 17.7. The molecule has 0 bridgehead atoms. The molecule has 5 nitrogen and oxygen atoms in total. The Morgan fingerprint density at radius 3 is 2.34 bits per heavy atom. The van der Waals surface area contributed by atoms with Crippen LogP contribution in [0.5, 0.6) is 5.75 Å². The summed E-state index contributed by atoms with van der Waals surface area (Å²) in [6.45, 7) is 2.10. The van der Waals surface area contributed by atoms with Gasteiger partial charge in [0.1, 0.15) is 11.5 Å². The number of aliphatic hydroxyl groups excluding tert-OH is 1. The maximum Gasteiger partial charge on any atom is 0.295 e. The molecule has 0 aliphatic carbocycles. The van der Waals surface area contributed by atoms with Gasteiger partial charge in [0.25, 0.3) is 11.7 Å². The summed E-state index contributed by atoms with van der Waals surface area (Å²) in [6.07, 6.45) is 0. The number of para-hydroxylation sites is 1. The molecule has 162 valence electrons. The summed E-state index contributed by atoms with van der Waals surface area (Å²) in [5, 5.41) is 11.1. The molecule has 4 rings (SSSR count). The molecule has 1 saturated heterocycles. The standard InChI is InChI=1S/C26H22BrNO4/c1-16-7-3-5-9-20(16)23-22(24(29)17-11-13-19(27)14-12-17)25(30)26(31)28(23)15-18-8-4-6-10-21(18)32-2/h3-14,23,29H,15H2,1-2H3/b24-22+. The van der Waals surface area contributed by atoms with Crippen LogP contribution in [-0.2, 0) is 16.1 Å². The molecule has 1 aliphatic heterocycles. The second-order valence-electron chi connectivity index (χ2n) is 7.60. The number of carbonyl (C=O) groups is 2. The number of methoxy groups -OCH3 is 1. The summed E-state index contributed by atoms with van der Waals surface area (Å²) in [4.78, 5) is 27.9. The van der Waals surface area contributed by atoms with E-state index in [1.165, 1.54) is 4.90 Å². The monoisotopic (exact) mass is 491 g/mol. The number of ether oxygens (including phenoxy) is 1. The van der Waals surface area contributed by atoms with Crippen molar-refractivity contribution in [3.05, 3.63) is 105 Å². The Hall–Kier alpha value is -3.38. The van der Waals surface area contributed by atoms with Crippen molar-refractivity contribution >= 4 is 33.4 Å². The molecule has 3 aromatic carbocycles. The van der Waals surface area contributed by atoms with Crippen LogP contribution in [0.4, 0.5) is 0 Å². The molecule has 1 atom stereocenters. The number of halogens is 1. The first-order valence-corrected chi connectivity index (χ1v) is 10.9. The van der Waals surface area contributed by atoms with Gasteiger partial charge >= 0.3 is 0 Å². The van der Waals surface area contributed by atoms with Crippen LogP contribution in [0, 0.1) is 6.92 Å². The van der Waals surface area contributed by atoms with E-state index >= 15 is 0 Å². The van der Waals surface area contributed by atoms with E-state index < -0.39 is 17.7 Å². The highest BCUT2D eigenvalue weighted by atomic mass is 79.9. The first-order valence-electron chi connectivity index (χ1n) is 10.1. The molecule has 0 aromatic heterocycles. The number of aliphatic hydroxyl groups is 1. The van der Waals surface area contributed by atoms with Crippen molar-refractivity contribution in [1.29, 1.82) is 0 Å². The van der Waals surface area contributed by atoms with Gasteiger partial charge < -0.3 is 14.7 Å². The third-order valence-corrected chi connectivity index (χ3v) is 6.20. The van der Waals surface area contributed by atoms with E-state index in [0.717, 1.165) is 21.2 Å². The lowest BCUT2D eigenvalue weighted by molar-refractivity contribution is -0.140. The predicted molar refractivity (Wildman–Crippen MR) is 126 cm³/mol. The van der Waals surface area contributed by atoms with Crippen molar-refractivity contribution in [2.45, 2.75) is 19.5 Å². The predicted octanol–water partition coefficient (Wildman–Crippen LogP) is 5.39. The number of hydrogen-bond donors (Lipinski definition) is 1. The van der Waals surface area contributed by atoms with Crippen LogP contribution in [0.15, 0.2) is 82.8 Å². The zero-order valence-corrected chi connectivity index (χ0v) is 19.3. The summed E-state index contributed by atoms with van der Waals surface area (Å²) in [5.74, 6) is -0.908. The van der Waals surface area contributed by atoms with E-state index in [1.54, 1.807) is 31.4 Å². The SMILES string of the molecule is COc1ccccc1CN1C(=O)C(=O)/C(=C(/O)c2ccc(Br)cc2)C1c1ccccc1C. The van der Waals surface area contributed by atoms with Gasteiger partial charge in [-0.25, -0.2) is 0 Å². The lowest BCUT2D eigenvalue weighted by Crippen LogP contribution is -2.29. The average molecular weight is 492 g/mol. The van der Waals surface area contributed by atoms with Crippen LogP contribution in [-0.4, -0.2) is 28.8 Å². The minimum Gasteiger partial charge on any atom is -0.507 e. The molecule has 1 unspecified atom stereocenters. The molecule has 6 heteroatoms. The number of Topliss-reactive ketones (excluding diaryl/α,β-unsaturated/α-hetero) is 1. The summed E-state index contributed by atoms with van der Waals surface area (Å²) in [6, 6.07) is 21.2. The summed E-state index contributed by atoms with van der Waals surface area (Å²) < 4.78 is 6.30. The Kier molecular flexibility index (Phi) is 6.15. The first-order chi connectivity index (χ1) is 15.4. The van der Waals surface area contributed by atoms with Crippen molar-refractivity contribution in [1.82, 2.24) is 4.90 Å². The molecule has 1 N–H and O–H groups in total. The topological polar surface area (TPSA) is 66.8 Å². The average Bonchev–Trinajstić information content (AvgIpc) is 3.04. The second-order valence-corrected chi connectivity index (χ2v) is 8.52. The lowest BCUT2D eigenvalue weighted by Gasteiger charge is -2.27. The number of carbonyl (C=O) groups excluding carboxylic acids is 2. The Morgan fingerprint density at radius 2 is 1.66 bits per heavy atom. The van der Waals surface area contributed by atoms with Crippen molar-refractivity contribution in [2.75, 3.05) is 7.11 Å². The van der Waals surface area contributed by atoms with Gasteiger partial charge in [-0.2, -0.15) is 0 Å². The van der Waals surface area contributed by atoms with Crippen LogP contribution in [0.3, 0.4) is 0 Å². The van der Waals surface area contributed by atoms with Crippen LogP contribution >= 0.6 is 15.9 Å². The number of hydrogen-bond acceptors (Lipinski definition) is 4. The minimum absolute atomic E-state index is 0.0847. The Morgan fingerprint density at radius 1 is 1.00 bits per heavy atom. The molecule has 0 spiro atoms. The maximum absolute atomic E-state index is 13.2. The number of likely N-dealkylation sites (tertiary alicyclic amines) is 1. The Balaban J connectivity index is 1.89. The number of rotatable bonds is 5. The second kappa shape index (κ2) is 9.01. The highest BCUT2D eigenvalue weighted by molar-refractivity contribution is 9.10. The number of nitrogens with zero attached hydrogens (tertiary/aromatic N) is 1. The minimum atomic E-state index is -0.718. The number of ketones is 1. The van der Waals surface area contributed by atoms with Crippen LogP contribution in [0.2, 0.25) is 0 Å². The third-order valence-electron chi connectivity index (χ3n) is 5.67. The number of amides is 1. The highest BCUT2D eigenvalue weighted by Crippen LogP contribution is 2.42. The molecule has 3 aromatic rings. The molecule has 1 amide bonds. The van der Waals surface area contributed by atoms with Crippen LogP contribution in [0.25, 0.3) is 5.76 Å². The van der Waals surface area contributed by atoms with Crippen molar-refractivity contribution < 1.29 is 19.4 Å². The fraction of sp³-hybridized carbons (Fsp3) is 0.154. The summed E-state index contributed by atoms with van der Waals surface area (Å²) in [7, 11) is 1.57. The van der Waals surface area contributed by atoms with Crippen molar-refractivity contribution in [2.24, 2.45) is 0 Å². The van der Waals surface area contributed by atoms with Gasteiger partial charge in [0.05, 0.1) is 25.3 Å². The van der Waals surface area contributed by atoms with Crippen LogP contribution < -0.4 is 4.74 Å². The molecule has 0 saturated carbocycles. The first kappa shape index (κ1) is 21.8. The lowest BCUT2D eigenvalue weighted by atomic mass is 9.92. The normalized spacial score (nSPS) is 17.6. The number of benzene rings is 3. The van der Waals surface area contributed by atoms with E-state index in [4.69, 9.17) is 4.74 Å². The van der Waals surface area contributed by atoms with E-state index in [1.807, 2.05) is 55.5 Å². The summed E-state index contributed by atoms with van der Waals surface area (Å²) in [5.41, 5.74) is 3.05. The smallest absolute Gasteiger partial charge is 0.295 e. The molecule has 1 heterocycles. The Labute approximate surface area is 195 Å². The largest absolute Gasteiger partial charge is 0.507 e. The van der Waals surface area contributed by atoms with Gasteiger partial charge in [0.2, 0.25) is 0 Å². The number of aryl methyl sites for hydroxylation is 1. The molecule has 32 heavy (non-hydrogen) atoms. The summed E-state index contributed by atoms with van der Waals surface area (Å²) >= 11 is 3.38. The zero-order chi connectivity index (χ0) is 22.8. The van der Waals surface area contributed by atoms with Gasteiger partial charge in [-0.1, -0.05) is 70.5 Å². The molecule has 1 aliphatic rings. The highest BCUT2D eigenvalue weighted by Gasteiger charge is 2.46. The van der Waals surface area contributed by atoms with Crippen molar-refractivity contribution in [3.63, 3.8) is 0 Å². The molecule has 1 fully saturated rings. The maximum atomic E-state index is 13.2. The molecule has 0 radical (unpaired) electrons. The van der Waals surface area contributed by atoms with Gasteiger partial charge in [-0.15, -0.1) is 0 Å². The molecular formula is C26H22BrNO4. The fourth-order valence-electron chi connectivity index (χ4n) is 4.04. The van der Waals surface area contributed by atoms with Crippen LogP contribution in [0.1, 0.15) is 28.3 Å². The van der Waals surface area contributed by atoms with E-state index in [0.29, 0.717) is 11.3 Å². The van der Waals surface area contributed by atoms with E-state index in [-0.39, 0.29) is 17.9 Å². The van der Waals surface area contributed by atoms with E-state index in [9.17, 15) is 14.7 Å². The van der Waals surface area contributed by atoms with E-state index in [2.05, 4.69) is 15.9 Å². The van der Waals surface area contributed by atoms with Gasteiger partial charge in [0, 0.05) is 15.6 Å². The van der Waals surface area contributed by atoms with Crippen molar-refractivity contribution in [3.8, 4) is 5.75 Å². The molecular weight excluding hydrogens is 470 g/mol. The van der Waals surface area contributed by atoms with Gasteiger partial charge in [-0.05, 0) is 36.2 Å². The Bertz CT molecular complexity index is 1220. The quantitative estimate of drug-likeness (QED) is 0.295.